The lowest BCUT2D eigenvalue weighted by Gasteiger charge is -2.21. The Kier molecular flexibility index (Phi) is 15.5. The van der Waals surface area contributed by atoms with E-state index in [9.17, 15) is 29.4 Å². The van der Waals surface area contributed by atoms with Crippen molar-refractivity contribution in [2.75, 3.05) is 14.2 Å². The van der Waals surface area contributed by atoms with Crippen LogP contribution in [0.5, 0.6) is 11.5 Å². The third kappa shape index (κ3) is 11.7. The lowest BCUT2D eigenvalue weighted by atomic mass is 10.0. The molecular weight excluding hydrogens is 870 g/mol. The zero-order valence-corrected chi connectivity index (χ0v) is 35.0. The van der Waals surface area contributed by atoms with Gasteiger partial charge in [-0.1, -0.05) is 88.9 Å². The summed E-state index contributed by atoms with van der Waals surface area (Å²) >= 11 is 26.7. The molecule has 0 bridgehead atoms. The number of thiazole rings is 2. The molecule has 2 aromatic heterocycles. The van der Waals surface area contributed by atoms with Gasteiger partial charge in [0.1, 0.15) is 21.4 Å². The molecule has 12 nitrogen and oxygen atoms in total. The SMILES string of the molecule is COc1cccc([C@H](CC(=O)O)NC(=O)c2csc(-c3cccc(Cl)c3)n2)c1OC.O=C(O)C[C@H](NC(=O)c1csc(-c2cccc(Cl)c2)n1)c1ccc(Cl)cc1Cl. The molecule has 0 saturated carbocycles. The van der Waals surface area contributed by atoms with Crippen LogP contribution >= 0.6 is 69.1 Å². The number of aliphatic carboxylic acids is 2. The predicted octanol–water partition coefficient (Wildman–Crippen LogP) is 10.1. The van der Waals surface area contributed by atoms with Crippen molar-refractivity contribution < 1.29 is 38.9 Å². The summed E-state index contributed by atoms with van der Waals surface area (Å²) in [7, 11) is 2.94. The number of nitrogens with one attached hydrogen (secondary N) is 2. The van der Waals surface area contributed by atoms with Crippen molar-refractivity contribution in [2.24, 2.45) is 0 Å². The molecule has 6 rings (SSSR count). The van der Waals surface area contributed by atoms with Gasteiger partial charge in [-0.05, 0) is 48.0 Å². The molecule has 0 saturated heterocycles. The number of aromatic nitrogens is 2. The molecule has 2 atom stereocenters. The van der Waals surface area contributed by atoms with Crippen LogP contribution in [0.1, 0.15) is 57.0 Å². The van der Waals surface area contributed by atoms with E-state index < -0.39 is 35.8 Å². The lowest BCUT2D eigenvalue weighted by molar-refractivity contribution is -0.138. The summed E-state index contributed by atoms with van der Waals surface area (Å²) in [6.07, 6.45) is -0.668. The molecule has 0 aliphatic rings. The van der Waals surface area contributed by atoms with E-state index in [1.165, 1.54) is 43.0 Å². The van der Waals surface area contributed by atoms with Crippen molar-refractivity contribution in [1.82, 2.24) is 20.6 Å². The van der Waals surface area contributed by atoms with Crippen molar-refractivity contribution >= 4 is 92.8 Å². The highest BCUT2D eigenvalue weighted by molar-refractivity contribution is 7.13. The summed E-state index contributed by atoms with van der Waals surface area (Å²) in [6.45, 7) is 0. The third-order valence-corrected chi connectivity index (χ3v) is 10.9. The Labute approximate surface area is 360 Å². The summed E-state index contributed by atoms with van der Waals surface area (Å²) < 4.78 is 10.7. The Balaban J connectivity index is 0.000000221. The number of hydrogen-bond acceptors (Lipinski definition) is 10. The molecule has 58 heavy (non-hydrogen) atoms. The van der Waals surface area contributed by atoms with Crippen LogP contribution in [-0.2, 0) is 9.59 Å². The highest BCUT2D eigenvalue weighted by Crippen LogP contribution is 2.36. The van der Waals surface area contributed by atoms with Crippen molar-refractivity contribution in [3.63, 3.8) is 0 Å². The van der Waals surface area contributed by atoms with E-state index >= 15 is 0 Å². The molecule has 6 aromatic rings. The molecule has 0 spiro atoms. The monoisotopic (exact) mass is 900 g/mol. The van der Waals surface area contributed by atoms with Gasteiger partial charge in [-0.15, -0.1) is 22.7 Å². The number of halogens is 4. The quantitative estimate of drug-likeness (QED) is 0.0823. The van der Waals surface area contributed by atoms with Crippen LogP contribution in [0, 0.1) is 0 Å². The van der Waals surface area contributed by atoms with E-state index in [1.807, 2.05) is 12.1 Å². The van der Waals surface area contributed by atoms with Crippen LogP contribution in [-0.4, -0.2) is 58.2 Å². The summed E-state index contributed by atoms with van der Waals surface area (Å²) in [5.74, 6) is -2.32. The number of carboxylic acid groups (broad SMARTS) is 2. The van der Waals surface area contributed by atoms with E-state index in [2.05, 4.69) is 20.6 Å². The zero-order valence-electron chi connectivity index (χ0n) is 30.4. The molecule has 0 aliphatic carbocycles. The normalized spacial score (nSPS) is 11.7. The highest BCUT2D eigenvalue weighted by Gasteiger charge is 2.26. The Hall–Kier alpha value is -5.22. The Morgan fingerprint density at radius 1 is 0.638 bits per heavy atom. The van der Waals surface area contributed by atoms with Gasteiger partial charge < -0.3 is 30.3 Å². The highest BCUT2D eigenvalue weighted by atomic mass is 35.5. The van der Waals surface area contributed by atoms with E-state index in [-0.39, 0.29) is 29.3 Å². The first kappa shape index (κ1) is 43.9. The zero-order chi connectivity index (χ0) is 41.9. The largest absolute Gasteiger partial charge is 0.493 e. The van der Waals surface area contributed by atoms with Gasteiger partial charge in [0.2, 0.25) is 0 Å². The molecule has 18 heteroatoms. The van der Waals surface area contributed by atoms with Gasteiger partial charge in [0.25, 0.3) is 11.8 Å². The van der Waals surface area contributed by atoms with E-state index in [0.29, 0.717) is 47.7 Å². The maximum atomic E-state index is 12.8. The number of rotatable bonds is 14. The van der Waals surface area contributed by atoms with Crippen molar-refractivity contribution in [3.8, 4) is 32.6 Å². The summed E-state index contributed by atoms with van der Waals surface area (Å²) in [4.78, 5) is 56.8. The van der Waals surface area contributed by atoms with E-state index in [4.69, 9.17) is 55.9 Å². The molecule has 4 N–H and O–H groups in total. The maximum absolute atomic E-state index is 12.8. The predicted molar refractivity (Wildman–Crippen MR) is 226 cm³/mol. The Morgan fingerprint density at radius 3 is 1.57 bits per heavy atom. The number of carbonyl (C=O) groups is 4. The van der Waals surface area contributed by atoms with Crippen LogP contribution in [0.15, 0.2) is 95.7 Å². The molecule has 0 aliphatic heterocycles. The Bertz CT molecular complexity index is 2440. The van der Waals surface area contributed by atoms with Crippen molar-refractivity contribution in [3.05, 3.63) is 138 Å². The first-order chi connectivity index (χ1) is 27.8. The van der Waals surface area contributed by atoms with E-state index in [1.54, 1.807) is 77.5 Å². The van der Waals surface area contributed by atoms with Crippen molar-refractivity contribution in [2.45, 2.75) is 24.9 Å². The van der Waals surface area contributed by atoms with Crippen molar-refractivity contribution in [1.29, 1.82) is 0 Å². The van der Waals surface area contributed by atoms with Crippen LogP contribution in [0.4, 0.5) is 0 Å². The van der Waals surface area contributed by atoms with Gasteiger partial charge in [-0.3, -0.25) is 19.2 Å². The number of amides is 2. The maximum Gasteiger partial charge on any atom is 0.305 e. The number of methoxy groups -OCH3 is 2. The second kappa shape index (κ2) is 20.5. The molecule has 0 radical (unpaired) electrons. The first-order valence-electron chi connectivity index (χ1n) is 16.9. The van der Waals surface area contributed by atoms with Gasteiger partial charge >= 0.3 is 11.9 Å². The fourth-order valence-electron chi connectivity index (χ4n) is 5.53. The number of para-hydroxylation sites is 1. The second-order valence-corrected chi connectivity index (χ2v) is 15.5. The average Bonchev–Trinajstić information content (AvgIpc) is 3.89. The standard InChI is InChI=1S/C21H19ClN2O5S.C19H13Cl3N2O3S/c1-28-17-8-4-7-14(19(17)29-2)15(10-18(25)26)23-20(27)16-11-30-21(24-16)12-5-3-6-13(22)9-12;20-11-3-1-2-10(6-11)19-24-16(9-28-19)18(27)23-15(8-17(25)26)13-5-4-12(21)7-14(13)22/h3-9,11,15H,10H2,1-2H3,(H,23,27)(H,25,26);1-7,9,15H,8H2,(H,23,27)(H,25,26)/t2*15-/m00/s1. The minimum absolute atomic E-state index is 0.181. The van der Waals surface area contributed by atoms with Gasteiger partial charge in [0, 0.05) is 47.5 Å². The molecule has 0 fully saturated rings. The number of hydrogen-bond donors (Lipinski definition) is 4. The van der Waals surface area contributed by atoms with E-state index in [0.717, 1.165) is 11.1 Å². The lowest BCUT2D eigenvalue weighted by Crippen LogP contribution is -2.30. The molecule has 0 unspecified atom stereocenters. The summed E-state index contributed by atoms with van der Waals surface area (Å²) in [5.41, 5.74) is 2.92. The summed E-state index contributed by atoms with van der Waals surface area (Å²) in [5, 5.41) is 30.3. The van der Waals surface area contributed by atoms with Crippen LogP contribution in [0.2, 0.25) is 20.1 Å². The third-order valence-electron chi connectivity index (χ3n) is 8.13. The molecular formula is C40H32Cl4N4O8S2. The molecule has 2 heterocycles. The van der Waals surface area contributed by atoms with Gasteiger partial charge in [-0.25, -0.2) is 9.97 Å². The molecule has 4 aromatic carbocycles. The molecule has 2 amide bonds. The second-order valence-electron chi connectivity index (χ2n) is 12.1. The number of carboxylic acids is 2. The number of nitrogens with zero attached hydrogens (tertiary/aromatic N) is 2. The van der Waals surface area contributed by atoms with Crippen LogP contribution in [0.3, 0.4) is 0 Å². The topological polar surface area (TPSA) is 177 Å². The van der Waals surface area contributed by atoms with Gasteiger partial charge in [-0.2, -0.15) is 0 Å². The first-order valence-corrected chi connectivity index (χ1v) is 20.2. The summed E-state index contributed by atoms with van der Waals surface area (Å²) in [6, 6.07) is 22.4. The number of carbonyl (C=O) groups excluding carboxylic acids is 2. The Morgan fingerprint density at radius 2 is 1.12 bits per heavy atom. The van der Waals surface area contributed by atoms with Crippen LogP contribution in [0.25, 0.3) is 21.1 Å². The number of ether oxygens (including phenoxy) is 2. The number of benzene rings is 4. The van der Waals surface area contributed by atoms with Gasteiger partial charge in [0.15, 0.2) is 11.5 Å². The molecule has 300 valence electrons. The fourth-order valence-corrected chi connectivity index (χ4v) is 8.04. The minimum Gasteiger partial charge on any atom is -0.493 e. The smallest absolute Gasteiger partial charge is 0.305 e. The van der Waals surface area contributed by atoms with Gasteiger partial charge in [0.05, 0.1) is 39.1 Å². The minimum atomic E-state index is -1.07. The van der Waals surface area contributed by atoms with Crippen LogP contribution < -0.4 is 20.1 Å². The average molecular weight is 903 g/mol. The fraction of sp³-hybridized carbons (Fsp3) is 0.150.